The second kappa shape index (κ2) is 10.1. The van der Waals surface area contributed by atoms with Crippen LogP contribution in [0.25, 0.3) is 0 Å². The van der Waals surface area contributed by atoms with Gasteiger partial charge in [-0.3, -0.25) is 14.4 Å². The molecule has 8 nitrogen and oxygen atoms in total. The van der Waals surface area contributed by atoms with Crippen LogP contribution in [0.4, 0.5) is 0 Å². The normalized spacial score (nSPS) is 29.1. The fraction of sp³-hybridized carbons (Fsp3) is 0.552. The van der Waals surface area contributed by atoms with Gasteiger partial charge in [-0.15, -0.1) is 13.2 Å². The molecule has 0 aromatic heterocycles. The summed E-state index contributed by atoms with van der Waals surface area (Å²) in [6.07, 6.45) is 3.97. The van der Waals surface area contributed by atoms with E-state index in [0.29, 0.717) is 25.9 Å². The highest BCUT2D eigenvalue weighted by molar-refractivity contribution is 5.99. The van der Waals surface area contributed by atoms with E-state index in [9.17, 15) is 19.5 Å². The third-order valence-corrected chi connectivity index (χ3v) is 8.12. The van der Waals surface area contributed by atoms with Crippen LogP contribution in [0, 0.1) is 11.8 Å². The van der Waals surface area contributed by atoms with Crippen LogP contribution in [0.15, 0.2) is 55.6 Å². The summed E-state index contributed by atoms with van der Waals surface area (Å²) < 4.78 is 6.56. The van der Waals surface area contributed by atoms with Crippen molar-refractivity contribution in [2.45, 2.75) is 62.9 Å². The first-order chi connectivity index (χ1) is 17.5. The lowest BCUT2D eigenvalue weighted by molar-refractivity contribution is -0.154. The van der Waals surface area contributed by atoms with Gasteiger partial charge in [-0.1, -0.05) is 42.5 Å². The fourth-order valence-electron chi connectivity index (χ4n) is 6.53. The van der Waals surface area contributed by atoms with Crippen LogP contribution in [0.5, 0.6) is 0 Å². The van der Waals surface area contributed by atoms with E-state index in [1.165, 1.54) is 4.90 Å². The zero-order chi connectivity index (χ0) is 27.1. The number of carbonyl (C=O) groups excluding carboxylic acids is 3. The Kier molecular flexibility index (Phi) is 7.36. The molecule has 37 heavy (non-hydrogen) atoms. The molecule has 1 N–H and O–H groups in total. The minimum atomic E-state index is -1.14. The summed E-state index contributed by atoms with van der Waals surface area (Å²) in [7, 11) is 1.69. The molecule has 8 heteroatoms. The molecule has 0 aliphatic carbocycles. The molecule has 6 atom stereocenters. The largest absolute Gasteiger partial charge is 0.394 e. The SMILES string of the molecule is C=CCN(C)C(=O)[C@@H]1[C@H]2C(=O)N([C@H](CO)c3ccccc3)C(C(=O)N(CC=C)C(C)(C)C)C23CC[C@H]1O3. The number of rotatable bonds is 9. The molecule has 3 saturated heterocycles. The first-order valence-corrected chi connectivity index (χ1v) is 13.0. The molecule has 3 fully saturated rings. The van der Waals surface area contributed by atoms with Gasteiger partial charge in [0.25, 0.3) is 0 Å². The Morgan fingerprint density at radius 1 is 1.19 bits per heavy atom. The van der Waals surface area contributed by atoms with Crippen molar-refractivity contribution < 1.29 is 24.2 Å². The average molecular weight is 510 g/mol. The number of hydrogen-bond acceptors (Lipinski definition) is 5. The number of aliphatic hydroxyl groups excluding tert-OH is 1. The lowest BCUT2D eigenvalue weighted by atomic mass is 9.70. The summed E-state index contributed by atoms with van der Waals surface area (Å²) in [6, 6.07) is 7.49. The van der Waals surface area contributed by atoms with Crippen molar-refractivity contribution >= 4 is 17.7 Å². The summed E-state index contributed by atoms with van der Waals surface area (Å²) >= 11 is 0. The van der Waals surface area contributed by atoms with Crippen LogP contribution in [0.3, 0.4) is 0 Å². The zero-order valence-corrected chi connectivity index (χ0v) is 22.3. The van der Waals surface area contributed by atoms with Crippen LogP contribution in [0.1, 0.15) is 45.2 Å². The molecule has 1 spiro atoms. The van der Waals surface area contributed by atoms with Crippen LogP contribution >= 0.6 is 0 Å². The molecule has 200 valence electrons. The summed E-state index contributed by atoms with van der Waals surface area (Å²) in [5, 5.41) is 10.6. The van der Waals surface area contributed by atoms with E-state index in [0.717, 1.165) is 5.56 Å². The van der Waals surface area contributed by atoms with Crippen molar-refractivity contribution in [2.24, 2.45) is 11.8 Å². The Labute approximate surface area is 219 Å². The fourth-order valence-corrected chi connectivity index (χ4v) is 6.53. The first kappa shape index (κ1) is 27.1. The van der Waals surface area contributed by atoms with E-state index >= 15 is 0 Å². The van der Waals surface area contributed by atoms with Gasteiger partial charge in [0.05, 0.1) is 30.6 Å². The summed E-state index contributed by atoms with van der Waals surface area (Å²) in [5.74, 6) is -2.25. The highest BCUT2D eigenvalue weighted by Gasteiger charge is 2.75. The molecule has 1 aromatic rings. The number of carbonyl (C=O) groups is 3. The standard InChI is InChI=1S/C29H39N3O5/c1-7-16-30(6)25(34)22-21-14-15-29(37-21)23(22)26(35)32(20(18-33)19-12-10-9-11-13-19)24(29)27(36)31(17-8-2)28(3,4)5/h7-13,20-24,33H,1-2,14-18H2,3-6H3/t20-,21-,22+,23+,24?,29?/m1/s1. The molecule has 1 aromatic carbocycles. The third kappa shape index (κ3) is 4.30. The van der Waals surface area contributed by atoms with Crippen molar-refractivity contribution in [3.05, 3.63) is 61.2 Å². The molecule has 3 amide bonds. The maximum absolute atomic E-state index is 14.4. The summed E-state index contributed by atoms with van der Waals surface area (Å²) in [4.78, 5) is 47.1. The van der Waals surface area contributed by atoms with E-state index < -0.39 is 41.2 Å². The Morgan fingerprint density at radius 3 is 2.41 bits per heavy atom. The molecule has 3 heterocycles. The van der Waals surface area contributed by atoms with Gasteiger partial charge in [0.2, 0.25) is 17.7 Å². The molecular weight excluding hydrogens is 470 g/mol. The molecule has 2 bridgehead atoms. The molecular formula is C29H39N3O5. The minimum absolute atomic E-state index is 0.183. The van der Waals surface area contributed by atoms with Crippen molar-refractivity contribution in [3.63, 3.8) is 0 Å². The number of nitrogens with zero attached hydrogens (tertiary/aromatic N) is 3. The van der Waals surface area contributed by atoms with E-state index in [4.69, 9.17) is 4.74 Å². The number of hydrogen-bond donors (Lipinski definition) is 1. The van der Waals surface area contributed by atoms with Crippen LogP contribution in [-0.2, 0) is 19.1 Å². The topological polar surface area (TPSA) is 90.4 Å². The molecule has 0 saturated carbocycles. The molecule has 3 aliphatic rings. The third-order valence-electron chi connectivity index (χ3n) is 8.12. The van der Waals surface area contributed by atoms with Crippen molar-refractivity contribution in [1.82, 2.24) is 14.7 Å². The van der Waals surface area contributed by atoms with E-state index in [2.05, 4.69) is 13.2 Å². The Hall–Kier alpha value is -2.97. The predicted molar refractivity (Wildman–Crippen MR) is 140 cm³/mol. The van der Waals surface area contributed by atoms with Gasteiger partial charge in [0.1, 0.15) is 11.6 Å². The predicted octanol–water partition coefficient (Wildman–Crippen LogP) is 2.55. The van der Waals surface area contributed by atoms with Gasteiger partial charge in [-0.05, 0) is 39.2 Å². The van der Waals surface area contributed by atoms with Gasteiger partial charge < -0.3 is 24.5 Å². The molecule has 4 rings (SSSR count). The Balaban J connectivity index is 1.86. The maximum Gasteiger partial charge on any atom is 0.249 e. The van der Waals surface area contributed by atoms with Gasteiger partial charge >= 0.3 is 0 Å². The van der Waals surface area contributed by atoms with E-state index in [1.807, 2.05) is 51.1 Å². The highest BCUT2D eigenvalue weighted by atomic mass is 16.5. The van der Waals surface area contributed by atoms with E-state index in [1.54, 1.807) is 29.0 Å². The summed E-state index contributed by atoms with van der Waals surface area (Å²) in [6.45, 7) is 13.7. The quantitative estimate of drug-likeness (QED) is 0.517. The van der Waals surface area contributed by atoms with Crippen molar-refractivity contribution in [1.29, 1.82) is 0 Å². The first-order valence-electron chi connectivity index (χ1n) is 13.0. The van der Waals surface area contributed by atoms with Gasteiger partial charge in [0, 0.05) is 25.7 Å². The van der Waals surface area contributed by atoms with E-state index in [-0.39, 0.29) is 24.3 Å². The van der Waals surface area contributed by atoms with Crippen molar-refractivity contribution in [3.8, 4) is 0 Å². The number of amides is 3. The molecule has 3 aliphatic heterocycles. The van der Waals surface area contributed by atoms with Crippen LogP contribution < -0.4 is 0 Å². The number of ether oxygens (including phenoxy) is 1. The Morgan fingerprint density at radius 2 is 1.84 bits per heavy atom. The van der Waals surface area contributed by atoms with Crippen molar-refractivity contribution in [2.75, 3.05) is 26.7 Å². The number of likely N-dealkylation sites (N-methyl/N-ethyl adjacent to an activating group) is 1. The van der Waals surface area contributed by atoms with Gasteiger partial charge in [-0.2, -0.15) is 0 Å². The highest BCUT2D eigenvalue weighted by Crippen LogP contribution is 2.60. The maximum atomic E-state index is 14.4. The molecule has 0 radical (unpaired) electrons. The average Bonchev–Trinajstić information content (AvgIpc) is 3.50. The summed E-state index contributed by atoms with van der Waals surface area (Å²) in [5.41, 5.74) is -0.965. The Bertz CT molecular complexity index is 1070. The number of likely N-dealkylation sites (tertiary alicyclic amines) is 1. The van der Waals surface area contributed by atoms with Gasteiger partial charge in [0.15, 0.2) is 0 Å². The number of aliphatic hydroxyl groups is 1. The number of fused-ring (bicyclic) bond motifs is 1. The lowest BCUT2D eigenvalue weighted by Crippen LogP contribution is -2.60. The van der Waals surface area contributed by atoms with Gasteiger partial charge in [-0.25, -0.2) is 0 Å². The molecule has 2 unspecified atom stereocenters. The zero-order valence-electron chi connectivity index (χ0n) is 22.3. The van der Waals surface area contributed by atoms with Crippen LogP contribution in [0.2, 0.25) is 0 Å². The lowest BCUT2D eigenvalue weighted by Gasteiger charge is -2.43. The second-order valence-electron chi connectivity index (χ2n) is 11.3. The van der Waals surface area contributed by atoms with Crippen LogP contribution in [-0.4, -0.2) is 87.6 Å². The second-order valence-corrected chi connectivity index (χ2v) is 11.3. The smallest absolute Gasteiger partial charge is 0.249 e. The minimum Gasteiger partial charge on any atom is -0.394 e. The number of benzene rings is 1. The monoisotopic (exact) mass is 509 g/mol.